The summed E-state index contributed by atoms with van der Waals surface area (Å²) in [5.74, 6) is 0.767. The fourth-order valence-corrected chi connectivity index (χ4v) is 2.46. The highest BCUT2D eigenvalue weighted by Gasteiger charge is 2.07. The van der Waals surface area contributed by atoms with Crippen LogP contribution >= 0.6 is 0 Å². The van der Waals surface area contributed by atoms with Crippen molar-refractivity contribution in [2.45, 2.75) is 79.1 Å². The second-order valence-electron chi connectivity index (χ2n) is 7.00. The zero-order valence-corrected chi connectivity index (χ0v) is 18.7. The van der Waals surface area contributed by atoms with Gasteiger partial charge in [0.1, 0.15) is 0 Å². The Morgan fingerprint density at radius 1 is 0.893 bits per heavy atom. The first-order valence-corrected chi connectivity index (χ1v) is 11.0. The smallest absolute Gasteiger partial charge is 0.330 e. The molecule has 3 heteroatoms. The van der Waals surface area contributed by atoms with Gasteiger partial charge >= 0.3 is 5.97 Å². The van der Waals surface area contributed by atoms with Crippen LogP contribution in [0.5, 0.6) is 0 Å². The molecule has 0 bridgehead atoms. The summed E-state index contributed by atoms with van der Waals surface area (Å²) in [6.07, 6.45) is 10.7. The monoisotopic (exact) mass is 392 g/mol. The predicted molar refractivity (Wildman–Crippen MR) is 121 cm³/mol. The molecule has 0 spiro atoms. The Morgan fingerprint density at radius 3 is 1.64 bits per heavy atom. The molecular weight excluding hydrogens is 348 g/mol. The van der Waals surface area contributed by atoms with Crippen molar-refractivity contribution in [3.8, 4) is 0 Å². The van der Waals surface area contributed by atoms with Crippen LogP contribution in [0.3, 0.4) is 0 Å². The van der Waals surface area contributed by atoms with Crippen molar-refractivity contribution in [1.29, 1.82) is 0 Å². The Bertz CT molecular complexity index is 400. The first-order chi connectivity index (χ1) is 13.6. The van der Waals surface area contributed by atoms with E-state index in [1.807, 2.05) is 36.4 Å². The van der Waals surface area contributed by atoms with E-state index >= 15 is 0 Å². The summed E-state index contributed by atoms with van der Waals surface area (Å²) in [4.78, 5) is 10.8. The maximum Gasteiger partial charge on any atom is 0.330 e. The molecule has 2 atom stereocenters. The standard InChI is InChI=1S/C11H20O2.C8H18O.C6H6/c1-4-7-8-10(5-2)9-13-11(12)6-3;1-3-5-6-8(4-2)7-9;1-2-4-6-5-3-1/h6,10H,3-5,7-9H2,1-2H3;8-9H,3-7H2,1-2H3;1-6H. The number of rotatable bonds is 12. The Hall–Kier alpha value is -1.61. The zero-order chi connectivity index (χ0) is 21.5. The molecule has 3 nitrogen and oxygen atoms in total. The lowest BCUT2D eigenvalue weighted by atomic mass is 10.0. The molecule has 1 aromatic carbocycles. The lowest BCUT2D eigenvalue weighted by molar-refractivity contribution is -0.139. The molecule has 0 saturated heterocycles. The summed E-state index contributed by atoms with van der Waals surface area (Å²) in [5.41, 5.74) is 0. The van der Waals surface area contributed by atoms with Crippen molar-refractivity contribution >= 4 is 5.97 Å². The van der Waals surface area contributed by atoms with Gasteiger partial charge in [0.2, 0.25) is 0 Å². The van der Waals surface area contributed by atoms with E-state index in [2.05, 4.69) is 34.3 Å². The quantitative estimate of drug-likeness (QED) is 0.314. The summed E-state index contributed by atoms with van der Waals surface area (Å²) in [7, 11) is 0. The van der Waals surface area contributed by atoms with Crippen LogP contribution in [-0.4, -0.2) is 24.3 Å². The van der Waals surface area contributed by atoms with Gasteiger partial charge < -0.3 is 9.84 Å². The van der Waals surface area contributed by atoms with Crippen LogP contribution in [0.2, 0.25) is 0 Å². The molecule has 1 rings (SSSR count). The molecule has 0 aliphatic carbocycles. The van der Waals surface area contributed by atoms with Crippen LogP contribution in [0.25, 0.3) is 0 Å². The lowest BCUT2D eigenvalue weighted by Crippen LogP contribution is -2.12. The summed E-state index contributed by atoms with van der Waals surface area (Å²) in [6, 6.07) is 12.0. The molecule has 0 saturated carbocycles. The largest absolute Gasteiger partial charge is 0.462 e. The molecule has 1 N–H and O–H groups in total. The van der Waals surface area contributed by atoms with E-state index < -0.39 is 0 Å². The highest BCUT2D eigenvalue weighted by molar-refractivity contribution is 5.81. The Labute approximate surface area is 174 Å². The fraction of sp³-hybridized carbons (Fsp3) is 0.640. The zero-order valence-electron chi connectivity index (χ0n) is 18.7. The van der Waals surface area contributed by atoms with E-state index in [1.54, 1.807) is 0 Å². The van der Waals surface area contributed by atoms with Gasteiger partial charge in [0.05, 0.1) is 6.61 Å². The molecular formula is C25H44O3. The first kappa shape index (κ1) is 28.6. The number of benzene rings is 1. The minimum absolute atomic E-state index is 0.310. The lowest BCUT2D eigenvalue weighted by Gasteiger charge is -2.13. The molecule has 1 aromatic rings. The summed E-state index contributed by atoms with van der Waals surface area (Å²) >= 11 is 0. The minimum atomic E-state index is -0.310. The number of esters is 1. The van der Waals surface area contributed by atoms with E-state index in [9.17, 15) is 4.79 Å². The number of hydrogen-bond acceptors (Lipinski definition) is 3. The fourth-order valence-electron chi connectivity index (χ4n) is 2.46. The second kappa shape index (κ2) is 23.4. The molecule has 0 radical (unpaired) electrons. The minimum Gasteiger partial charge on any atom is -0.462 e. The van der Waals surface area contributed by atoms with Crippen molar-refractivity contribution in [3.63, 3.8) is 0 Å². The van der Waals surface area contributed by atoms with Crippen LogP contribution < -0.4 is 0 Å². The summed E-state index contributed by atoms with van der Waals surface area (Å²) < 4.78 is 4.98. The second-order valence-corrected chi connectivity index (χ2v) is 7.00. The van der Waals surface area contributed by atoms with Gasteiger partial charge in [-0.1, -0.05) is 109 Å². The molecule has 0 amide bonds. The van der Waals surface area contributed by atoms with Crippen LogP contribution in [0.4, 0.5) is 0 Å². The van der Waals surface area contributed by atoms with Gasteiger partial charge in [-0.2, -0.15) is 0 Å². The van der Waals surface area contributed by atoms with Crippen LogP contribution in [0.1, 0.15) is 79.1 Å². The van der Waals surface area contributed by atoms with Crippen LogP contribution in [0, 0.1) is 11.8 Å². The van der Waals surface area contributed by atoms with Crippen molar-refractivity contribution in [2.75, 3.05) is 13.2 Å². The highest BCUT2D eigenvalue weighted by atomic mass is 16.5. The third-order valence-electron chi connectivity index (χ3n) is 4.64. The molecule has 0 aromatic heterocycles. The van der Waals surface area contributed by atoms with Crippen LogP contribution in [-0.2, 0) is 9.53 Å². The van der Waals surface area contributed by atoms with Gasteiger partial charge in [0, 0.05) is 12.7 Å². The van der Waals surface area contributed by atoms with Crippen molar-refractivity contribution in [2.24, 2.45) is 11.8 Å². The highest BCUT2D eigenvalue weighted by Crippen LogP contribution is 2.12. The maximum absolute atomic E-state index is 10.8. The number of hydrogen-bond donors (Lipinski definition) is 1. The summed E-state index contributed by atoms with van der Waals surface area (Å²) in [5, 5.41) is 8.75. The maximum atomic E-state index is 10.8. The number of aliphatic hydroxyl groups excluding tert-OH is 1. The molecule has 2 unspecified atom stereocenters. The van der Waals surface area contributed by atoms with Crippen molar-refractivity contribution in [1.82, 2.24) is 0 Å². The average Bonchev–Trinajstić information content (AvgIpc) is 2.76. The number of aliphatic hydroxyl groups is 1. The van der Waals surface area contributed by atoms with Crippen molar-refractivity contribution in [3.05, 3.63) is 49.1 Å². The van der Waals surface area contributed by atoms with E-state index in [0.717, 1.165) is 19.3 Å². The van der Waals surface area contributed by atoms with E-state index in [4.69, 9.17) is 9.84 Å². The first-order valence-electron chi connectivity index (χ1n) is 11.0. The van der Waals surface area contributed by atoms with Gasteiger partial charge in [-0.25, -0.2) is 4.79 Å². The Balaban J connectivity index is 0. The van der Waals surface area contributed by atoms with Crippen molar-refractivity contribution < 1.29 is 14.6 Å². The average molecular weight is 393 g/mol. The predicted octanol–water partition coefficient (Wildman–Crippen LogP) is 6.81. The van der Waals surface area contributed by atoms with E-state index in [1.165, 1.54) is 38.2 Å². The molecule has 0 fully saturated rings. The van der Waals surface area contributed by atoms with Gasteiger partial charge in [-0.3, -0.25) is 0 Å². The van der Waals surface area contributed by atoms with Gasteiger partial charge in [-0.05, 0) is 24.7 Å². The SMILES string of the molecule is C=CC(=O)OCC(CC)CCCC.CCCCC(CC)CO.c1ccccc1. The third-order valence-corrected chi connectivity index (χ3v) is 4.64. The molecule has 0 heterocycles. The normalized spacial score (nSPS) is 11.8. The topological polar surface area (TPSA) is 46.5 Å². The molecule has 28 heavy (non-hydrogen) atoms. The van der Waals surface area contributed by atoms with E-state index in [0.29, 0.717) is 25.0 Å². The molecule has 0 aliphatic rings. The number of carbonyl (C=O) groups is 1. The number of ether oxygens (including phenoxy) is 1. The number of unbranched alkanes of at least 4 members (excludes halogenated alkanes) is 2. The summed E-state index contributed by atoms with van der Waals surface area (Å²) in [6.45, 7) is 12.9. The Morgan fingerprint density at radius 2 is 1.32 bits per heavy atom. The number of carbonyl (C=O) groups excluding carboxylic acids is 1. The Kier molecular flexibility index (Phi) is 23.9. The molecule has 0 aliphatic heterocycles. The van der Waals surface area contributed by atoms with Gasteiger partial charge in [0.25, 0.3) is 0 Å². The molecule has 162 valence electrons. The van der Waals surface area contributed by atoms with Crippen LogP contribution in [0.15, 0.2) is 49.1 Å². The van der Waals surface area contributed by atoms with Gasteiger partial charge in [0.15, 0.2) is 0 Å². The van der Waals surface area contributed by atoms with E-state index in [-0.39, 0.29) is 5.97 Å². The third kappa shape index (κ3) is 20.7. The van der Waals surface area contributed by atoms with Gasteiger partial charge in [-0.15, -0.1) is 0 Å².